The molecule has 0 aromatic carbocycles. The van der Waals surface area contributed by atoms with Gasteiger partial charge in [0, 0.05) is 23.1 Å². The van der Waals surface area contributed by atoms with Crippen LogP contribution in [0.2, 0.25) is 0 Å². The molecule has 1 aromatic heterocycles. The van der Waals surface area contributed by atoms with Crippen molar-refractivity contribution >= 4 is 22.6 Å². The van der Waals surface area contributed by atoms with Crippen molar-refractivity contribution in [1.82, 2.24) is 4.98 Å². The molecule has 1 saturated carbocycles. The Morgan fingerprint density at radius 3 is 2.21 bits per heavy atom. The van der Waals surface area contributed by atoms with Crippen LogP contribution in [0, 0.1) is 11.8 Å². The summed E-state index contributed by atoms with van der Waals surface area (Å²) < 4.78 is 13.2. The van der Waals surface area contributed by atoms with E-state index in [0.717, 1.165) is 67.3 Å². The molecule has 1 aliphatic carbocycles. The number of halogens is 1. The van der Waals surface area contributed by atoms with E-state index in [0.29, 0.717) is 5.92 Å². The van der Waals surface area contributed by atoms with E-state index < -0.39 is 5.67 Å². The molecule has 1 fully saturated rings. The molecule has 1 atom stereocenters. The second-order valence-electron chi connectivity index (χ2n) is 11.1. The quantitative estimate of drug-likeness (QED) is 0.183. The van der Waals surface area contributed by atoms with Crippen LogP contribution in [0.5, 0.6) is 0 Å². The van der Waals surface area contributed by atoms with E-state index in [1.807, 2.05) is 45.2 Å². The van der Waals surface area contributed by atoms with Crippen LogP contribution in [-0.2, 0) is 0 Å². The molecule has 1 aliphatic rings. The first kappa shape index (κ1) is 42.1. The zero-order chi connectivity index (χ0) is 32.6. The van der Waals surface area contributed by atoms with Crippen LogP contribution in [0.15, 0.2) is 64.7 Å². The van der Waals surface area contributed by atoms with Crippen LogP contribution in [0.25, 0.3) is 5.57 Å². The zero-order valence-electron chi connectivity index (χ0n) is 29.4. The molecule has 0 aliphatic heterocycles. The van der Waals surface area contributed by atoms with Crippen molar-refractivity contribution < 1.29 is 4.39 Å². The standard InChI is InChI=1S/C24H34N2S.C9H17F.C3H8.C2H6/c1-8-13-15-21(19(7)14-9-2)20(12-5)22-17-27-24(26-22)23(18(6)11-4)25-16-10-3;1-3-8-4-6-9(2,10)7-5-8;1-3-2;1-2/h8,10,12-13,15-18H,1,9,11,14H2,2-7H3;8H,3-7H2,1-2H3;3H2,1-2H3;1-2H3/b15-13-,16-10-,20-12+,21-19-,25-23?;;;. The molecule has 42 heavy (non-hydrogen) atoms. The van der Waals surface area contributed by atoms with E-state index in [2.05, 4.69) is 84.5 Å². The predicted octanol–water partition coefficient (Wildman–Crippen LogP) is 13.5. The van der Waals surface area contributed by atoms with E-state index in [4.69, 9.17) is 4.98 Å². The minimum atomic E-state index is -0.842. The molecule has 1 aromatic rings. The third-order valence-corrected chi connectivity index (χ3v) is 8.09. The third kappa shape index (κ3) is 16.5. The van der Waals surface area contributed by atoms with Gasteiger partial charge in [0.1, 0.15) is 10.7 Å². The second-order valence-corrected chi connectivity index (χ2v) is 11.9. The maximum Gasteiger partial charge on any atom is 0.138 e. The molecule has 0 N–H and O–H groups in total. The summed E-state index contributed by atoms with van der Waals surface area (Å²) in [6.07, 6.45) is 21.5. The van der Waals surface area contributed by atoms with E-state index in [-0.39, 0.29) is 0 Å². The summed E-state index contributed by atoms with van der Waals surface area (Å²) in [5, 5.41) is 3.16. The molecule has 2 nitrogen and oxygen atoms in total. The maximum atomic E-state index is 13.2. The number of hydrogen-bond donors (Lipinski definition) is 0. The van der Waals surface area contributed by atoms with Gasteiger partial charge in [-0.05, 0) is 77.7 Å². The van der Waals surface area contributed by atoms with Crippen LogP contribution in [0.3, 0.4) is 0 Å². The molecule has 240 valence electrons. The molecule has 4 heteroatoms. The van der Waals surface area contributed by atoms with Crippen molar-refractivity contribution in [2.75, 3.05) is 0 Å². The topological polar surface area (TPSA) is 25.2 Å². The Hall–Kier alpha value is -2.07. The van der Waals surface area contributed by atoms with Gasteiger partial charge >= 0.3 is 0 Å². The van der Waals surface area contributed by atoms with Crippen LogP contribution < -0.4 is 0 Å². The van der Waals surface area contributed by atoms with Crippen LogP contribution in [0.1, 0.15) is 152 Å². The average Bonchev–Trinajstić information content (AvgIpc) is 3.46. The average molecular weight is 601 g/mol. The lowest BCUT2D eigenvalue weighted by Gasteiger charge is -2.30. The van der Waals surface area contributed by atoms with Gasteiger partial charge in [0.15, 0.2) is 0 Å². The lowest BCUT2D eigenvalue weighted by Crippen LogP contribution is -2.25. The number of thiazole rings is 1. The van der Waals surface area contributed by atoms with Gasteiger partial charge in [-0.15, -0.1) is 11.3 Å². The molecular weight excluding hydrogens is 535 g/mol. The lowest BCUT2D eigenvalue weighted by atomic mass is 9.80. The largest absolute Gasteiger partial charge is 0.258 e. The second kappa shape index (κ2) is 25.4. The van der Waals surface area contributed by atoms with Crippen molar-refractivity contribution in [2.45, 2.75) is 147 Å². The first-order valence-electron chi connectivity index (χ1n) is 16.6. The highest BCUT2D eigenvalue weighted by Crippen LogP contribution is 2.35. The lowest BCUT2D eigenvalue weighted by molar-refractivity contribution is 0.102. The SMILES string of the molecule is C=C\C=C/C(=C(\C)CCC)C(=C\C)/c1csc(C(=N/C=C\C)C(C)CC)n1.CC.CCC.CCC1CCC(C)(F)CC1. The first-order valence-corrected chi connectivity index (χ1v) is 17.5. The van der Waals surface area contributed by atoms with Gasteiger partial charge in [0.25, 0.3) is 0 Å². The zero-order valence-corrected chi connectivity index (χ0v) is 30.3. The number of alkyl halides is 1. The Bertz CT molecular complexity index is 980. The molecule has 0 radical (unpaired) electrons. The number of aromatic nitrogens is 1. The molecule has 0 saturated heterocycles. The monoisotopic (exact) mass is 600 g/mol. The minimum Gasteiger partial charge on any atom is -0.258 e. The number of hydrogen-bond acceptors (Lipinski definition) is 3. The predicted molar refractivity (Wildman–Crippen MR) is 193 cm³/mol. The normalized spacial score (nSPS) is 20.5. The first-order chi connectivity index (χ1) is 20.1. The molecule has 2 rings (SSSR count). The summed E-state index contributed by atoms with van der Waals surface area (Å²) in [5.41, 5.74) is 5.05. The van der Waals surface area contributed by atoms with Gasteiger partial charge < -0.3 is 0 Å². The summed E-state index contributed by atoms with van der Waals surface area (Å²) in [4.78, 5) is 9.63. The highest BCUT2D eigenvalue weighted by atomic mass is 32.1. The van der Waals surface area contributed by atoms with Gasteiger partial charge in [0.05, 0.1) is 11.4 Å². The summed E-state index contributed by atoms with van der Waals surface area (Å²) in [6.45, 7) is 28.9. The summed E-state index contributed by atoms with van der Waals surface area (Å²) in [5.74, 6) is 1.19. The van der Waals surface area contributed by atoms with Crippen molar-refractivity contribution in [2.24, 2.45) is 16.8 Å². The summed E-state index contributed by atoms with van der Waals surface area (Å²) in [7, 11) is 0. The highest BCUT2D eigenvalue weighted by Gasteiger charge is 2.29. The Morgan fingerprint density at radius 2 is 1.76 bits per heavy atom. The van der Waals surface area contributed by atoms with Crippen LogP contribution >= 0.6 is 11.3 Å². The Kier molecular flexibility index (Phi) is 25.5. The third-order valence-electron chi connectivity index (χ3n) is 7.23. The number of nitrogens with zero attached hydrogens (tertiary/aromatic N) is 2. The highest BCUT2D eigenvalue weighted by molar-refractivity contribution is 7.12. The fourth-order valence-electron chi connectivity index (χ4n) is 4.52. The molecule has 1 unspecified atom stereocenters. The fraction of sp³-hybridized carbons (Fsp3) is 0.632. The Labute approximate surface area is 265 Å². The number of rotatable bonds is 11. The molecule has 0 spiro atoms. The van der Waals surface area contributed by atoms with Crippen LogP contribution in [-0.4, -0.2) is 16.4 Å². The molecular formula is C38H65FN2S. The van der Waals surface area contributed by atoms with Crippen molar-refractivity contribution in [3.8, 4) is 0 Å². The maximum absolute atomic E-state index is 13.2. The summed E-state index contributed by atoms with van der Waals surface area (Å²) in [6, 6.07) is 0. The molecule has 1 heterocycles. The van der Waals surface area contributed by atoms with Gasteiger partial charge in [-0.25, -0.2) is 9.37 Å². The van der Waals surface area contributed by atoms with E-state index >= 15 is 0 Å². The van der Waals surface area contributed by atoms with Crippen molar-refractivity contribution in [1.29, 1.82) is 0 Å². The Balaban J connectivity index is 0. The fourth-order valence-corrected chi connectivity index (χ4v) is 5.45. The van der Waals surface area contributed by atoms with E-state index in [1.165, 1.54) is 29.6 Å². The molecule has 0 amide bonds. The van der Waals surface area contributed by atoms with Gasteiger partial charge in [-0.3, -0.25) is 4.99 Å². The minimum absolute atomic E-state index is 0.381. The number of aliphatic imine (C=N–C) groups is 1. The van der Waals surface area contributed by atoms with E-state index in [9.17, 15) is 4.39 Å². The van der Waals surface area contributed by atoms with Crippen LogP contribution in [0.4, 0.5) is 4.39 Å². The van der Waals surface area contributed by atoms with Crippen molar-refractivity contribution in [3.05, 3.63) is 70.4 Å². The van der Waals surface area contributed by atoms with Crippen molar-refractivity contribution in [3.63, 3.8) is 0 Å². The van der Waals surface area contributed by atoms with Gasteiger partial charge in [0.2, 0.25) is 0 Å². The van der Waals surface area contributed by atoms with E-state index in [1.54, 1.807) is 18.3 Å². The van der Waals surface area contributed by atoms with Gasteiger partial charge in [-0.2, -0.15) is 0 Å². The summed E-state index contributed by atoms with van der Waals surface area (Å²) >= 11 is 1.68. The van der Waals surface area contributed by atoms with Gasteiger partial charge in [-0.1, -0.05) is 117 Å². The number of allylic oxidation sites excluding steroid dienone is 8. The molecule has 0 bridgehead atoms. The Morgan fingerprint density at radius 1 is 1.17 bits per heavy atom. The smallest absolute Gasteiger partial charge is 0.138 e.